The summed E-state index contributed by atoms with van der Waals surface area (Å²) in [5.41, 5.74) is 1.28. The maximum absolute atomic E-state index is 10.6. The molecule has 3 heteroatoms. The smallest absolute Gasteiger partial charge is 0.270 e. The van der Waals surface area contributed by atoms with Gasteiger partial charge in [-0.15, -0.1) is 4.68 Å². The van der Waals surface area contributed by atoms with E-state index in [2.05, 4.69) is 12.1 Å². The summed E-state index contributed by atoms with van der Waals surface area (Å²) in [6, 6.07) is 12.1. The molecule has 0 unspecified atom stereocenters. The van der Waals surface area contributed by atoms with E-state index in [1.165, 1.54) is 5.56 Å². The quantitative estimate of drug-likeness (QED) is 0.536. The van der Waals surface area contributed by atoms with Crippen molar-refractivity contribution in [3.63, 3.8) is 0 Å². The van der Waals surface area contributed by atoms with Crippen molar-refractivity contribution >= 4 is 6.41 Å². The summed E-state index contributed by atoms with van der Waals surface area (Å²) < 4.78 is 3.43. The van der Waals surface area contributed by atoms with Crippen molar-refractivity contribution < 1.29 is 9.48 Å². The lowest BCUT2D eigenvalue weighted by Gasteiger charge is -1.97. The van der Waals surface area contributed by atoms with Gasteiger partial charge < -0.3 is 0 Å². The van der Waals surface area contributed by atoms with Crippen LogP contribution in [0.25, 0.3) is 0 Å². The fourth-order valence-electron chi connectivity index (χ4n) is 1.56. The van der Waals surface area contributed by atoms with Crippen molar-refractivity contribution in [2.45, 2.75) is 13.0 Å². The summed E-state index contributed by atoms with van der Waals surface area (Å²) >= 11 is 0. The highest BCUT2D eigenvalue weighted by Crippen LogP contribution is 1.98. The van der Waals surface area contributed by atoms with Gasteiger partial charge in [0.05, 0.1) is 6.20 Å². The average molecular weight is 201 g/mol. The molecule has 0 atom stereocenters. The van der Waals surface area contributed by atoms with Gasteiger partial charge in [-0.1, -0.05) is 35.0 Å². The fraction of sp³-hybridized carbons (Fsp3) is 0.167. The Hall–Kier alpha value is -1.90. The Morgan fingerprint density at radius 2 is 2.00 bits per heavy atom. The molecule has 15 heavy (non-hydrogen) atoms. The van der Waals surface area contributed by atoms with Crippen LogP contribution in [0.2, 0.25) is 0 Å². The average Bonchev–Trinajstić information content (AvgIpc) is 2.75. The Kier molecular flexibility index (Phi) is 2.93. The van der Waals surface area contributed by atoms with E-state index in [4.69, 9.17) is 0 Å². The highest BCUT2D eigenvalue weighted by atomic mass is 16.1. The molecule has 0 fully saturated rings. The maximum atomic E-state index is 10.6. The molecule has 2 rings (SSSR count). The van der Waals surface area contributed by atoms with Gasteiger partial charge in [-0.05, 0) is 5.56 Å². The summed E-state index contributed by atoms with van der Waals surface area (Å²) in [7, 11) is 0. The first-order valence-corrected chi connectivity index (χ1v) is 4.96. The molecule has 1 heterocycles. The highest BCUT2D eigenvalue weighted by molar-refractivity contribution is 5.48. The molecule has 0 radical (unpaired) electrons. The molecular weight excluding hydrogens is 188 g/mol. The predicted molar refractivity (Wildman–Crippen MR) is 56.9 cm³/mol. The van der Waals surface area contributed by atoms with E-state index < -0.39 is 0 Å². The van der Waals surface area contributed by atoms with Gasteiger partial charge in [0.2, 0.25) is 0 Å². The molecular formula is C12H13N2O+. The lowest BCUT2D eigenvalue weighted by Crippen LogP contribution is -2.43. The second kappa shape index (κ2) is 4.55. The maximum Gasteiger partial charge on any atom is 0.270 e. The zero-order valence-electron chi connectivity index (χ0n) is 8.41. The van der Waals surface area contributed by atoms with Crippen molar-refractivity contribution in [1.82, 2.24) is 4.68 Å². The SMILES string of the molecule is O=Cn1ccc[n+]1CCc1ccccc1. The Bertz CT molecular complexity index is 434. The number of hydrogen-bond donors (Lipinski definition) is 0. The van der Waals surface area contributed by atoms with E-state index in [9.17, 15) is 4.79 Å². The number of hydrogen-bond acceptors (Lipinski definition) is 1. The number of aromatic nitrogens is 2. The van der Waals surface area contributed by atoms with Gasteiger partial charge in [0.15, 0.2) is 12.7 Å². The van der Waals surface area contributed by atoms with Crippen molar-refractivity contribution in [1.29, 1.82) is 0 Å². The molecule has 0 bridgehead atoms. The Morgan fingerprint density at radius 3 is 2.73 bits per heavy atom. The van der Waals surface area contributed by atoms with Crippen LogP contribution in [-0.4, -0.2) is 11.1 Å². The lowest BCUT2D eigenvalue weighted by molar-refractivity contribution is -0.762. The van der Waals surface area contributed by atoms with Gasteiger partial charge in [-0.3, -0.25) is 4.79 Å². The summed E-state index contributed by atoms with van der Waals surface area (Å²) in [5, 5.41) is 0. The molecule has 0 aliphatic carbocycles. The summed E-state index contributed by atoms with van der Waals surface area (Å²) in [6.07, 6.45) is 5.39. The standard InChI is InChI=1S/C12H13N2O/c15-11-14-9-4-8-13(14)10-7-12-5-2-1-3-6-12/h1-6,8-9,11H,7,10H2/q+1. The second-order valence-electron chi connectivity index (χ2n) is 3.37. The number of benzene rings is 1. The molecule has 0 saturated carbocycles. The van der Waals surface area contributed by atoms with Gasteiger partial charge in [0, 0.05) is 12.5 Å². The van der Waals surface area contributed by atoms with Crippen LogP contribution in [0.3, 0.4) is 0 Å². The Morgan fingerprint density at radius 1 is 1.20 bits per heavy atom. The zero-order valence-corrected chi connectivity index (χ0v) is 8.41. The normalized spacial score (nSPS) is 10.1. The lowest BCUT2D eigenvalue weighted by atomic mass is 10.1. The monoisotopic (exact) mass is 201 g/mol. The first-order valence-electron chi connectivity index (χ1n) is 4.96. The molecule has 1 aromatic heterocycles. The van der Waals surface area contributed by atoms with E-state index in [1.54, 1.807) is 10.9 Å². The van der Waals surface area contributed by atoms with Gasteiger partial charge >= 0.3 is 0 Å². The molecule has 0 aliphatic rings. The van der Waals surface area contributed by atoms with Crippen LogP contribution in [0.15, 0.2) is 48.8 Å². The molecule has 0 amide bonds. The number of rotatable bonds is 4. The molecule has 3 nitrogen and oxygen atoms in total. The third-order valence-electron chi connectivity index (χ3n) is 2.37. The van der Waals surface area contributed by atoms with E-state index in [0.717, 1.165) is 19.4 Å². The Labute approximate surface area is 88.6 Å². The van der Waals surface area contributed by atoms with E-state index in [-0.39, 0.29) is 0 Å². The first-order chi connectivity index (χ1) is 7.40. The van der Waals surface area contributed by atoms with Crippen molar-refractivity contribution in [3.8, 4) is 0 Å². The molecule has 76 valence electrons. The fourth-order valence-corrected chi connectivity index (χ4v) is 1.56. The third-order valence-corrected chi connectivity index (χ3v) is 2.37. The molecule has 2 aromatic rings. The summed E-state index contributed by atoms with van der Waals surface area (Å²) in [6.45, 7) is 0.815. The number of carbonyl (C=O) groups excluding carboxylic acids is 1. The third kappa shape index (κ3) is 2.31. The van der Waals surface area contributed by atoms with Crippen LogP contribution in [0, 0.1) is 0 Å². The topological polar surface area (TPSA) is 25.9 Å². The van der Waals surface area contributed by atoms with Gasteiger partial charge in [-0.25, -0.2) is 0 Å². The van der Waals surface area contributed by atoms with Crippen LogP contribution in [0.4, 0.5) is 0 Å². The first kappa shape index (κ1) is 9.65. The second-order valence-corrected chi connectivity index (χ2v) is 3.37. The minimum absolute atomic E-state index is 0.811. The Balaban J connectivity index is 2.02. The van der Waals surface area contributed by atoms with Crippen LogP contribution in [-0.2, 0) is 17.8 Å². The number of aryl methyl sites for hydroxylation is 2. The van der Waals surface area contributed by atoms with Crippen molar-refractivity contribution in [2.75, 3.05) is 0 Å². The number of carbonyl (C=O) groups is 1. The molecule has 1 aromatic carbocycles. The molecule has 0 saturated heterocycles. The van der Waals surface area contributed by atoms with E-state index in [0.29, 0.717) is 0 Å². The van der Waals surface area contributed by atoms with Crippen LogP contribution in [0.1, 0.15) is 5.56 Å². The number of nitrogens with zero attached hydrogens (tertiary/aromatic N) is 2. The minimum Gasteiger partial charge on any atom is -0.272 e. The van der Waals surface area contributed by atoms with Crippen molar-refractivity contribution in [3.05, 3.63) is 54.4 Å². The summed E-state index contributed by atoms with van der Waals surface area (Å²) in [5.74, 6) is 0. The van der Waals surface area contributed by atoms with Crippen LogP contribution in [0.5, 0.6) is 0 Å². The van der Waals surface area contributed by atoms with Gasteiger partial charge in [0.1, 0.15) is 0 Å². The molecule has 0 N–H and O–H groups in total. The predicted octanol–water partition coefficient (Wildman–Crippen LogP) is 1.06. The van der Waals surface area contributed by atoms with Crippen molar-refractivity contribution in [2.24, 2.45) is 0 Å². The summed E-state index contributed by atoms with van der Waals surface area (Å²) in [4.78, 5) is 10.6. The van der Waals surface area contributed by atoms with Crippen LogP contribution < -0.4 is 4.68 Å². The molecule has 0 aliphatic heterocycles. The van der Waals surface area contributed by atoms with Gasteiger partial charge in [-0.2, -0.15) is 0 Å². The zero-order chi connectivity index (χ0) is 10.5. The minimum atomic E-state index is 0.811. The molecule has 0 spiro atoms. The van der Waals surface area contributed by atoms with E-state index >= 15 is 0 Å². The van der Waals surface area contributed by atoms with E-state index in [1.807, 2.05) is 35.1 Å². The van der Waals surface area contributed by atoms with Gasteiger partial charge in [0.25, 0.3) is 6.41 Å². The van der Waals surface area contributed by atoms with Crippen LogP contribution >= 0.6 is 0 Å². The highest BCUT2D eigenvalue weighted by Gasteiger charge is 2.06. The largest absolute Gasteiger partial charge is 0.272 e.